The zero-order valence-electron chi connectivity index (χ0n) is 11.1. The van der Waals surface area contributed by atoms with Crippen LogP contribution in [-0.2, 0) is 9.59 Å². The summed E-state index contributed by atoms with van der Waals surface area (Å²) in [4.78, 5) is 22.5. The van der Waals surface area contributed by atoms with Crippen molar-refractivity contribution in [1.29, 1.82) is 0 Å². The molecule has 5 nitrogen and oxygen atoms in total. The molecule has 19 heavy (non-hydrogen) atoms. The highest BCUT2D eigenvalue weighted by Gasteiger charge is 2.20. The topological polar surface area (TPSA) is 75.6 Å². The van der Waals surface area contributed by atoms with Crippen molar-refractivity contribution in [3.8, 4) is 5.75 Å². The van der Waals surface area contributed by atoms with Crippen LogP contribution in [0.3, 0.4) is 0 Å². The summed E-state index contributed by atoms with van der Waals surface area (Å²) in [5, 5.41) is 11.3. The fraction of sp³-hybridized carbons (Fsp3) is 0.429. The Morgan fingerprint density at radius 3 is 2.47 bits per heavy atom. The van der Waals surface area contributed by atoms with E-state index < -0.39 is 18.0 Å². The van der Waals surface area contributed by atoms with E-state index in [0.717, 1.165) is 0 Å². The first-order valence-electron chi connectivity index (χ1n) is 6.26. The van der Waals surface area contributed by atoms with E-state index in [4.69, 9.17) is 9.84 Å². The van der Waals surface area contributed by atoms with Gasteiger partial charge in [0.25, 0.3) is 5.91 Å². The van der Waals surface area contributed by atoms with Crippen LogP contribution in [0.1, 0.15) is 20.3 Å². The van der Waals surface area contributed by atoms with Crippen molar-refractivity contribution in [3.63, 3.8) is 0 Å². The molecule has 1 aromatic rings. The molecule has 0 aliphatic heterocycles. The Morgan fingerprint density at radius 1 is 1.32 bits per heavy atom. The van der Waals surface area contributed by atoms with Crippen LogP contribution < -0.4 is 10.1 Å². The summed E-state index contributed by atoms with van der Waals surface area (Å²) in [6.07, 6.45) is -0.0919. The summed E-state index contributed by atoms with van der Waals surface area (Å²) in [5.41, 5.74) is 0. The first-order chi connectivity index (χ1) is 9.04. The third-order valence-electron chi connectivity index (χ3n) is 2.69. The monoisotopic (exact) mass is 265 g/mol. The molecule has 0 saturated carbocycles. The second kappa shape index (κ2) is 7.41. The van der Waals surface area contributed by atoms with Gasteiger partial charge in [-0.1, -0.05) is 32.0 Å². The average molecular weight is 265 g/mol. The van der Waals surface area contributed by atoms with Crippen LogP contribution in [0.25, 0.3) is 0 Å². The van der Waals surface area contributed by atoms with Gasteiger partial charge in [-0.3, -0.25) is 9.59 Å². The van der Waals surface area contributed by atoms with Crippen LogP contribution in [0.2, 0.25) is 0 Å². The summed E-state index contributed by atoms with van der Waals surface area (Å²) < 4.78 is 5.56. The number of ether oxygens (including phenoxy) is 1. The Balaban J connectivity index is 2.50. The fourth-order valence-corrected chi connectivity index (χ4v) is 1.44. The molecule has 0 aliphatic rings. The van der Waals surface area contributed by atoms with E-state index in [-0.39, 0.29) is 12.5 Å². The van der Waals surface area contributed by atoms with Crippen molar-refractivity contribution in [1.82, 2.24) is 5.32 Å². The van der Waals surface area contributed by atoms with Gasteiger partial charge in [-0.15, -0.1) is 0 Å². The third kappa shape index (κ3) is 4.99. The molecule has 0 saturated heterocycles. The van der Waals surface area contributed by atoms with Crippen molar-refractivity contribution in [2.24, 2.45) is 5.92 Å². The van der Waals surface area contributed by atoms with Crippen molar-refractivity contribution < 1.29 is 19.4 Å². The lowest BCUT2D eigenvalue weighted by atomic mass is 10.2. The van der Waals surface area contributed by atoms with Crippen molar-refractivity contribution >= 4 is 11.9 Å². The van der Waals surface area contributed by atoms with Gasteiger partial charge in [0.05, 0.1) is 5.92 Å². The van der Waals surface area contributed by atoms with Crippen LogP contribution >= 0.6 is 0 Å². The first-order valence-corrected chi connectivity index (χ1v) is 6.26. The molecule has 104 valence electrons. The predicted molar refractivity (Wildman–Crippen MR) is 71.0 cm³/mol. The number of rotatable bonds is 7. The summed E-state index contributed by atoms with van der Waals surface area (Å²) in [7, 11) is 0. The molecule has 2 atom stereocenters. The Labute approximate surface area is 112 Å². The number of hydrogen-bond donors (Lipinski definition) is 2. The lowest BCUT2D eigenvalue weighted by Crippen LogP contribution is -2.41. The van der Waals surface area contributed by atoms with Crippen LogP contribution in [0.4, 0.5) is 0 Å². The second-order valence-corrected chi connectivity index (χ2v) is 4.31. The van der Waals surface area contributed by atoms with Crippen molar-refractivity contribution in [2.45, 2.75) is 26.4 Å². The molecule has 0 aromatic heterocycles. The smallest absolute Gasteiger partial charge is 0.308 e. The number of aliphatic carboxylic acids is 1. The number of benzene rings is 1. The van der Waals surface area contributed by atoms with Crippen LogP contribution in [0.5, 0.6) is 5.75 Å². The number of carbonyl (C=O) groups is 2. The number of carbonyl (C=O) groups excluding carboxylic acids is 1. The minimum Gasteiger partial charge on any atom is -0.481 e. The largest absolute Gasteiger partial charge is 0.481 e. The van der Waals surface area contributed by atoms with Gasteiger partial charge in [0.1, 0.15) is 5.75 Å². The molecule has 1 aromatic carbocycles. The van der Waals surface area contributed by atoms with E-state index in [1.165, 1.54) is 0 Å². The minimum atomic E-state index is -0.933. The second-order valence-electron chi connectivity index (χ2n) is 4.31. The van der Waals surface area contributed by atoms with E-state index in [1.807, 2.05) is 25.1 Å². The normalized spacial score (nSPS) is 13.4. The standard InChI is InChI=1S/C14H19NO4/c1-3-12(19-11-7-5-4-6-8-11)13(16)15-9-10(2)14(17)18/h4-8,10,12H,3,9H2,1-2H3,(H,15,16)(H,17,18). The number of amides is 1. The fourth-order valence-electron chi connectivity index (χ4n) is 1.44. The maximum Gasteiger partial charge on any atom is 0.308 e. The molecule has 0 spiro atoms. The quantitative estimate of drug-likeness (QED) is 0.786. The zero-order chi connectivity index (χ0) is 14.3. The zero-order valence-corrected chi connectivity index (χ0v) is 11.1. The first kappa shape index (κ1) is 15.0. The lowest BCUT2D eigenvalue weighted by Gasteiger charge is -2.18. The van der Waals surface area contributed by atoms with Gasteiger partial charge in [-0.2, -0.15) is 0 Å². The van der Waals surface area contributed by atoms with Crippen LogP contribution in [0.15, 0.2) is 30.3 Å². The molecule has 2 N–H and O–H groups in total. The SMILES string of the molecule is CCC(Oc1ccccc1)C(=O)NCC(C)C(=O)O. The van der Waals surface area contributed by atoms with Gasteiger partial charge >= 0.3 is 5.97 Å². The lowest BCUT2D eigenvalue weighted by molar-refractivity contribution is -0.141. The number of nitrogens with one attached hydrogen (secondary N) is 1. The number of carboxylic acids is 1. The molecular formula is C14H19NO4. The highest BCUT2D eigenvalue weighted by Crippen LogP contribution is 2.12. The van der Waals surface area contributed by atoms with Gasteiger partial charge in [0.15, 0.2) is 6.10 Å². The van der Waals surface area contributed by atoms with E-state index in [1.54, 1.807) is 19.1 Å². The molecule has 0 fully saturated rings. The number of carboxylic acid groups (broad SMARTS) is 1. The van der Waals surface area contributed by atoms with E-state index in [0.29, 0.717) is 12.2 Å². The third-order valence-corrected chi connectivity index (χ3v) is 2.69. The molecule has 0 aliphatic carbocycles. The van der Waals surface area contributed by atoms with E-state index >= 15 is 0 Å². The Kier molecular flexibility index (Phi) is 5.85. The van der Waals surface area contributed by atoms with Gasteiger partial charge in [-0.25, -0.2) is 0 Å². The molecule has 2 unspecified atom stereocenters. The summed E-state index contributed by atoms with van der Waals surface area (Å²) in [6, 6.07) is 9.06. The summed E-state index contributed by atoms with van der Waals surface area (Å²) in [5.74, 6) is -1.22. The highest BCUT2D eigenvalue weighted by atomic mass is 16.5. The van der Waals surface area contributed by atoms with Crippen molar-refractivity contribution in [2.75, 3.05) is 6.54 Å². The Hall–Kier alpha value is -2.04. The van der Waals surface area contributed by atoms with E-state index in [9.17, 15) is 9.59 Å². The predicted octanol–water partition coefficient (Wildman–Crippen LogP) is 1.68. The number of para-hydroxylation sites is 1. The van der Waals surface area contributed by atoms with Crippen LogP contribution in [0, 0.1) is 5.92 Å². The Morgan fingerprint density at radius 2 is 1.95 bits per heavy atom. The Bertz CT molecular complexity index is 419. The summed E-state index contributed by atoms with van der Waals surface area (Å²) in [6.45, 7) is 3.48. The molecular weight excluding hydrogens is 246 g/mol. The van der Waals surface area contributed by atoms with E-state index in [2.05, 4.69) is 5.32 Å². The van der Waals surface area contributed by atoms with Gasteiger partial charge in [-0.05, 0) is 18.6 Å². The van der Waals surface area contributed by atoms with Gasteiger partial charge < -0.3 is 15.2 Å². The molecule has 0 bridgehead atoms. The maximum absolute atomic E-state index is 11.9. The molecule has 1 rings (SSSR count). The number of hydrogen-bond acceptors (Lipinski definition) is 3. The average Bonchev–Trinajstić information content (AvgIpc) is 2.42. The maximum atomic E-state index is 11.9. The van der Waals surface area contributed by atoms with Gasteiger partial charge in [0.2, 0.25) is 0 Å². The van der Waals surface area contributed by atoms with Crippen molar-refractivity contribution in [3.05, 3.63) is 30.3 Å². The molecule has 1 amide bonds. The summed E-state index contributed by atoms with van der Waals surface area (Å²) >= 11 is 0. The molecule has 5 heteroatoms. The van der Waals surface area contributed by atoms with Crippen LogP contribution in [-0.4, -0.2) is 29.6 Å². The minimum absolute atomic E-state index is 0.100. The molecule has 0 radical (unpaired) electrons. The van der Waals surface area contributed by atoms with Gasteiger partial charge in [0, 0.05) is 6.54 Å². The molecule has 0 heterocycles. The highest BCUT2D eigenvalue weighted by molar-refractivity contribution is 5.81.